The van der Waals surface area contributed by atoms with E-state index in [9.17, 15) is 4.39 Å². The fourth-order valence-corrected chi connectivity index (χ4v) is 2.74. The van der Waals surface area contributed by atoms with Crippen LogP contribution in [0.3, 0.4) is 0 Å². The molecule has 1 aromatic carbocycles. The van der Waals surface area contributed by atoms with Gasteiger partial charge in [0.15, 0.2) is 0 Å². The molecule has 2 nitrogen and oxygen atoms in total. The number of hydrogen-bond acceptors (Lipinski definition) is 3. The van der Waals surface area contributed by atoms with Crippen molar-refractivity contribution in [1.29, 1.82) is 0 Å². The lowest BCUT2D eigenvalue weighted by Crippen LogP contribution is -2.15. The fraction of sp³-hybridized carbons (Fsp3) is 0.267. The molecule has 1 aromatic heterocycles. The number of halogens is 1. The molecule has 4 heteroatoms. The molecular weight excluding hydrogens is 259 g/mol. The highest BCUT2D eigenvalue weighted by molar-refractivity contribution is 7.99. The van der Waals surface area contributed by atoms with Crippen molar-refractivity contribution in [3.8, 4) is 0 Å². The summed E-state index contributed by atoms with van der Waals surface area (Å²) in [4.78, 5) is 5.14. The molecule has 1 aliphatic carbocycles. The molecule has 19 heavy (non-hydrogen) atoms. The molecule has 1 aliphatic rings. The minimum absolute atomic E-state index is 0.187. The summed E-state index contributed by atoms with van der Waals surface area (Å²) in [6.07, 6.45) is 4.23. The van der Waals surface area contributed by atoms with Crippen molar-refractivity contribution in [2.75, 3.05) is 0 Å². The van der Waals surface area contributed by atoms with Crippen molar-refractivity contribution in [2.45, 2.75) is 35.3 Å². The summed E-state index contributed by atoms with van der Waals surface area (Å²) in [5.74, 6) is -0.187. The maximum Gasteiger partial charge on any atom is 0.124 e. The molecule has 3 rings (SSSR count). The number of nitrogens with zero attached hydrogens (tertiary/aromatic N) is 1. The van der Waals surface area contributed by atoms with Gasteiger partial charge in [-0.1, -0.05) is 17.8 Å². The molecule has 98 valence electrons. The standard InChI is InChI=1S/C15H15FN2S/c16-12-7-11(10-18-13-4-5-13)8-14(9-12)19-15-3-1-2-6-17-15/h1-3,6-9,13,18H,4-5,10H2. The number of rotatable bonds is 5. The summed E-state index contributed by atoms with van der Waals surface area (Å²) in [7, 11) is 0. The van der Waals surface area contributed by atoms with Gasteiger partial charge in [-0.2, -0.15) is 0 Å². The van der Waals surface area contributed by atoms with Gasteiger partial charge in [0.2, 0.25) is 0 Å². The molecule has 0 aliphatic heterocycles. The molecule has 0 radical (unpaired) electrons. The first-order valence-corrected chi connectivity index (χ1v) is 7.23. The molecule has 0 amide bonds. The highest BCUT2D eigenvalue weighted by Gasteiger charge is 2.20. The zero-order valence-corrected chi connectivity index (χ0v) is 11.3. The third kappa shape index (κ3) is 3.78. The van der Waals surface area contributed by atoms with Crippen molar-refractivity contribution in [1.82, 2.24) is 10.3 Å². The Hall–Kier alpha value is -1.39. The number of pyridine rings is 1. The molecule has 0 unspecified atom stereocenters. The van der Waals surface area contributed by atoms with E-state index >= 15 is 0 Å². The van der Waals surface area contributed by atoms with Gasteiger partial charge in [-0.25, -0.2) is 9.37 Å². The fourth-order valence-electron chi connectivity index (χ4n) is 1.86. The van der Waals surface area contributed by atoms with Gasteiger partial charge in [0, 0.05) is 23.7 Å². The van der Waals surface area contributed by atoms with Crippen LogP contribution in [0.1, 0.15) is 18.4 Å². The number of nitrogens with one attached hydrogen (secondary N) is 1. The average molecular weight is 274 g/mol. The minimum atomic E-state index is -0.187. The zero-order valence-electron chi connectivity index (χ0n) is 10.5. The molecule has 0 atom stereocenters. The van der Waals surface area contributed by atoms with E-state index in [1.165, 1.54) is 24.6 Å². The topological polar surface area (TPSA) is 24.9 Å². The summed E-state index contributed by atoms with van der Waals surface area (Å²) in [6.45, 7) is 0.734. The Labute approximate surface area is 116 Å². The second kappa shape index (κ2) is 5.72. The van der Waals surface area contributed by atoms with E-state index in [4.69, 9.17) is 0 Å². The van der Waals surface area contributed by atoms with E-state index in [2.05, 4.69) is 10.3 Å². The predicted molar refractivity (Wildman–Crippen MR) is 74.6 cm³/mol. The van der Waals surface area contributed by atoms with E-state index in [0.29, 0.717) is 6.04 Å². The first-order chi connectivity index (χ1) is 9.29. The van der Waals surface area contributed by atoms with E-state index in [-0.39, 0.29) is 5.82 Å². The maximum absolute atomic E-state index is 13.6. The molecule has 1 saturated carbocycles. The van der Waals surface area contributed by atoms with Gasteiger partial charge in [0.1, 0.15) is 10.8 Å². The van der Waals surface area contributed by atoms with Gasteiger partial charge in [0.25, 0.3) is 0 Å². The average Bonchev–Trinajstić information content (AvgIpc) is 3.21. The van der Waals surface area contributed by atoms with Gasteiger partial charge in [-0.15, -0.1) is 0 Å². The van der Waals surface area contributed by atoms with E-state index in [1.54, 1.807) is 18.3 Å². The SMILES string of the molecule is Fc1cc(CNC2CC2)cc(Sc2ccccn2)c1. The summed E-state index contributed by atoms with van der Waals surface area (Å²) >= 11 is 1.49. The van der Waals surface area contributed by atoms with Crippen molar-refractivity contribution in [3.63, 3.8) is 0 Å². The maximum atomic E-state index is 13.6. The Balaban J connectivity index is 1.72. The number of benzene rings is 1. The minimum Gasteiger partial charge on any atom is -0.310 e. The van der Waals surface area contributed by atoms with Crippen molar-refractivity contribution in [3.05, 3.63) is 54.0 Å². The van der Waals surface area contributed by atoms with Gasteiger partial charge in [-0.3, -0.25) is 0 Å². The normalized spacial score (nSPS) is 14.6. The van der Waals surface area contributed by atoms with Crippen LogP contribution in [0.4, 0.5) is 4.39 Å². The molecule has 1 heterocycles. The third-order valence-corrected chi connectivity index (χ3v) is 3.89. The third-order valence-electron chi connectivity index (χ3n) is 2.96. The second-order valence-corrected chi connectivity index (χ2v) is 5.81. The summed E-state index contributed by atoms with van der Waals surface area (Å²) in [5.41, 5.74) is 0.991. The Bertz CT molecular complexity index is 555. The van der Waals surface area contributed by atoms with Crippen LogP contribution in [0.25, 0.3) is 0 Å². The van der Waals surface area contributed by atoms with E-state index in [0.717, 1.165) is 22.0 Å². The monoisotopic (exact) mass is 274 g/mol. The number of hydrogen-bond donors (Lipinski definition) is 1. The summed E-state index contributed by atoms with van der Waals surface area (Å²) in [6, 6.07) is 11.5. The van der Waals surface area contributed by atoms with Crippen LogP contribution >= 0.6 is 11.8 Å². The lowest BCUT2D eigenvalue weighted by Gasteiger charge is -2.06. The Morgan fingerprint density at radius 1 is 1.26 bits per heavy atom. The van der Waals surface area contributed by atoms with E-state index < -0.39 is 0 Å². The van der Waals surface area contributed by atoms with Crippen LogP contribution in [-0.2, 0) is 6.54 Å². The zero-order chi connectivity index (χ0) is 13.1. The van der Waals surface area contributed by atoms with Crippen molar-refractivity contribution in [2.24, 2.45) is 0 Å². The Morgan fingerprint density at radius 2 is 2.16 bits per heavy atom. The summed E-state index contributed by atoms with van der Waals surface area (Å²) in [5, 5.41) is 4.28. The number of aromatic nitrogens is 1. The lowest BCUT2D eigenvalue weighted by molar-refractivity contribution is 0.615. The summed E-state index contributed by atoms with van der Waals surface area (Å²) < 4.78 is 13.6. The second-order valence-electron chi connectivity index (χ2n) is 4.72. The van der Waals surface area contributed by atoms with Crippen LogP contribution in [0, 0.1) is 5.82 Å². The predicted octanol–water partition coefficient (Wildman–Crippen LogP) is 3.62. The largest absolute Gasteiger partial charge is 0.310 e. The molecule has 0 spiro atoms. The smallest absolute Gasteiger partial charge is 0.124 e. The highest BCUT2D eigenvalue weighted by Crippen LogP contribution is 2.27. The Morgan fingerprint density at radius 3 is 2.89 bits per heavy atom. The van der Waals surface area contributed by atoms with Crippen LogP contribution in [0.5, 0.6) is 0 Å². The van der Waals surface area contributed by atoms with Gasteiger partial charge in [0.05, 0.1) is 0 Å². The molecule has 1 fully saturated rings. The molecular formula is C15H15FN2S. The van der Waals surface area contributed by atoms with Crippen LogP contribution in [0.15, 0.2) is 52.5 Å². The van der Waals surface area contributed by atoms with Crippen LogP contribution < -0.4 is 5.32 Å². The first kappa shape index (κ1) is 12.6. The highest BCUT2D eigenvalue weighted by atomic mass is 32.2. The van der Waals surface area contributed by atoms with Gasteiger partial charge < -0.3 is 5.32 Å². The van der Waals surface area contributed by atoms with Crippen molar-refractivity contribution >= 4 is 11.8 Å². The van der Waals surface area contributed by atoms with Gasteiger partial charge >= 0.3 is 0 Å². The lowest BCUT2D eigenvalue weighted by atomic mass is 10.2. The van der Waals surface area contributed by atoms with Crippen LogP contribution in [0.2, 0.25) is 0 Å². The Kier molecular flexibility index (Phi) is 3.80. The van der Waals surface area contributed by atoms with E-state index in [1.807, 2.05) is 24.3 Å². The van der Waals surface area contributed by atoms with Crippen LogP contribution in [-0.4, -0.2) is 11.0 Å². The molecule has 0 saturated heterocycles. The quantitative estimate of drug-likeness (QED) is 0.901. The molecule has 1 N–H and O–H groups in total. The first-order valence-electron chi connectivity index (χ1n) is 6.41. The van der Waals surface area contributed by atoms with Gasteiger partial charge in [-0.05, 0) is 48.7 Å². The van der Waals surface area contributed by atoms with Crippen molar-refractivity contribution < 1.29 is 4.39 Å². The molecule has 0 bridgehead atoms. The molecule has 2 aromatic rings.